The summed E-state index contributed by atoms with van der Waals surface area (Å²) in [4.78, 5) is 120. The largest absolute Gasteiger partial charge is 0.466 e. The van der Waals surface area contributed by atoms with Crippen LogP contribution in [-0.4, -0.2) is 155 Å². The second kappa shape index (κ2) is 40.0. The molecule has 0 bridgehead atoms. The molecule has 26 heteroatoms. The summed E-state index contributed by atoms with van der Waals surface area (Å²) in [5, 5.41) is 21.6. The summed E-state index contributed by atoms with van der Waals surface area (Å²) in [6.45, 7) is 12.4. The number of carbonyl (C=O) groups is 9. The molecule has 0 aliphatic rings. The maximum atomic E-state index is 13.1. The van der Waals surface area contributed by atoms with Gasteiger partial charge in [-0.1, -0.05) is 51.5 Å². The molecule has 3 aromatic rings. The van der Waals surface area contributed by atoms with E-state index in [0.29, 0.717) is 108 Å². The van der Waals surface area contributed by atoms with E-state index >= 15 is 0 Å². The van der Waals surface area contributed by atoms with Crippen molar-refractivity contribution in [3.63, 3.8) is 0 Å². The van der Waals surface area contributed by atoms with Crippen molar-refractivity contribution < 1.29 is 71.6 Å². The quantitative estimate of drug-likeness (QED) is 0.0170. The minimum absolute atomic E-state index is 0.00832. The van der Waals surface area contributed by atoms with Gasteiger partial charge in [-0.15, -0.1) is 0 Å². The molecule has 3 rings (SSSR count). The van der Waals surface area contributed by atoms with Crippen LogP contribution in [0.4, 0.5) is 23.0 Å². The molecule has 0 unspecified atom stereocenters. The van der Waals surface area contributed by atoms with Crippen molar-refractivity contribution in [1.29, 1.82) is 0 Å². The molecule has 0 aliphatic heterocycles. The maximum absolute atomic E-state index is 13.1. The third-order valence-corrected chi connectivity index (χ3v) is 11.5. The van der Waals surface area contributed by atoms with E-state index in [1.165, 1.54) is 12.2 Å². The molecule has 1 heterocycles. The normalized spacial score (nSPS) is 11.6. The van der Waals surface area contributed by atoms with Crippen LogP contribution >= 0.6 is 0 Å². The standard InChI is InChI=1S/C56H81N11O15/c1-6-9-30-82-56-66-51(57)50(62-37-68)52(67-56)61-35-40-12-17-41(18-13-40)53(74)59-27-11-29-78-32-34-79-33-31-77-28-10-26-58-44(69)23-24-46(71)63-42-19-14-39(15-20-42)16-22-45(70)60-36-47(72)65-49(38(4)5)54(75)64-43(55(76)81-8-3)21-25-48(73)80-7-2/h12-20,22,37-38,43,49H,6-11,21,23-36H2,1-5H3,(H,58,69)(H,59,74)(H,60,70)(H,62,68)(H,63,71)(H,64,75)(H,65,72)(H3,57,61,66,67)/b22-16+/t43-,49+/m1/s1. The van der Waals surface area contributed by atoms with E-state index < -0.39 is 54.2 Å². The third kappa shape index (κ3) is 28.3. The fourth-order valence-electron chi connectivity index (χ4n) is 7.16. The number of hydrogen-bond acceptors (Lipinski definition) is 19. The number of carbonyl (C=O) groups excluding carboxylic acids is 9. The van der Waals surface area contributed by atoms with Gasteiger partial charge in [0.25, 0.3) is 5.91 Å². The Morgan fingerprint density at radius 1 is 0.683 bits per heavy atom. The highest BCUT2D eigenvalue weighted by atomic mass is 16.5. The van der Waals surface area contributed by atoms with E-state index in [9.17, 15) is 43.2 Å². The number of rotatable bonds is 42. The molecule has 7 amide bonds. The van der Waals surface area contributed by atoms with Crippen molar-refractivity contribution in [2.45, 2.75) is 105 Å². The molecule has 0 saturated carbocycles. The van der Waals surface area contributed by atoms with Gasteiger partial charge in [-0.2, -0.15) is 9.97 Å². The monoisotopic (exact) mass is 1150 g/mol. The lowest BCUT2D eigenvalue weighted by atomic mass is 10.0. The Kier molecular flexibility index (Phi) is 33.2. The highest BCUT2D eigenvalue weighted by Crippen LogP contribution is 2.28. The van der Waals surface area contributed by atoms with Crippen LogP contribution in [0.5, 0.6) is 6.01 Å². The van der Waals surface area contributed by atoms with E-state index in [1.54, 1.807) is 64.1 Å². The lowest BCUT2D eigenvalue weighted by Gasteiger charge is -2.24. The van der Waals surface area contributed by atoms with Gasteiger partial charge >= 0.3 is 17.9 Å². The first-order valence-electron chi connectivity index (χ1n) is 27.5. The maximum Gasteiger partial charge on any atom is 0.328 e. The fraction of sp³-hybridized carbons (Fsp3) is 0.518. The van der Waals surface area contributed by atoms with Crippen LogP contribution in [0.1, 0.15) is 107 Å². The SMILES string of the molecule is CCCCOc1nc(N)c(NC=O)c(NCc2ccc(C(=O)NCCCOCCOCCOCCCNC(=O)CCC(=O)Nc3ccc(/C=C/C(=O)NCC(=O)N[C@H](C(=O)N[C@H](CCC(=O)OCC)C(=O)OCC)C(C)C)cc3)cc2)n1. The molecule has 82 heavy (non-hydrogen) atoms. The van der Waals surface area contributed by atoms with Crippen molar-refractivity contribution in [3.05, 3.63) is 71.3 Å². The lowest BCUT2D eigenvalue weighted by Crippen LogP contribution is -2.55. The van der Waals surface area contributed by atoms with E-state index in [4.69, 9.17) is 34.2 Å². The van der Waals surface area contributed by atoms with E-state index in [2.05, 4.69) is 52.5 Å². The Morgan fingerprint density at radius 2 is 1.33 bits per heavy atom. The van der Waals surface area contributed by atoms with Crippen LogP contribution in [0, 0.1) is 5.92 Å². The molecule has 10 N–H and O–H groups in total. The number of unbranched alkanes of at least 4 members (excludes halogenated alkanes) is 1. The number of amides is 7. The summed E-state index contributed by atoms with van der Waals surface area (Å²) >= 11 is 0. The summed E-state index contributed by atoms with van der Waals surface area (Å²) in [5.41, 5.74) is 8.73. The average molecular weight is 1150 g/mol. The number of nitrogen functional groups attached to an aromatic ring is 1. The van der Waals surface area contributed by atoms with Gasteiger partial charge in [0.1, 0.15) is 17.8 Å². The summed E-state index contributed by atoms with van der Waals surface area (Å²) < 4.78 is 32.2. The predicted molar refractivity (Wildman–Crippen MR) is 305 cm³/mol. The molecule has 0 aliphatic carbocycles. The Balaban J connectivity index is 1.18. The Hall–Kier alpha value is -8.23. The van der Waals surface area contributed by atoms with Gasteiger partial charge in [0.15, 0.2) is 11.6 Å². The van der Waals surface area contributed by atoms with Gasteiger partial charge < -0.3 is 76.7 Å². The number of ether oxygens (including phenoxy) is 6. The van der Waals surface area contributed by atoms with Gasteiger partial charge in [-0.25, -0.2) is 4.79 Å². The molecule has 2 aromatic carbocycles. The molecular weight excluding hydrogens is 1070 g/mol. The zero-order valence-electron chi connectivity index (χ0n) is 47.5. The second-order valence-corrected chi connectivity index (χ2v) is 18.4. The first kappa shape index (κ1) is 68.0. The van der Waals surface area contributed by atoms with Crippen LogP contribution in [0.2, 0.25) is 0 Å². The number of benzene rings is 2. The van der Waals surface area contributed by atoms with Crippen LogP contribution in [0.15, 0.2) is 54.6 Å². The van der Waals surface area contributed by atoms with E-state index in [-0.39, 0.29) is 74.1 Å². The van der Waals surface area contributed by atoms with E-state index in [0.717, 1.165) is 18.4 Å². The third-order valence-electron chi connectivity index (χ3n) is 11.5. The number of esters is 2. The molecule has 2 atom stereocenters. The van der Waals surface area contributed by atoms with Crippen LogP contribution in [-0.2, 0) is 68.6 Å². The average Bonchev–Trinajstić information content (AvgIpc) is 3.45. The first-order valence-corrected chi connectivity index (χ1v) is 27.5. The highest BCUT2D eigenvalue weighted by Gasteiger charge is 2.30. The molecule has 0 radical (unpaired) electrons. The smallest absolute Gasteiger partial charge is 0.328 e. The Labute approximate surface area is 478 Å². The van der Waals surface area contributed by atoms with E-state index in [1.807, 2.05) is 19.1 Å². The molecule has 0 spiro atoms. The number of nitrogens with zero attached hydrogens (tertiary/aromatic N) is 2. The van der Waals surface area contributed by atoms with Gasteiger partial charge in [0.05, 0.1) is 52.8 Å². The minimum atomic E-state index is -1.14. The number of nitrogens with two attached hydrogens (primary N) is 1. The van der Waals surface area contributed by atoms with Crippen LogP contribution < -0.4 is 53.0 Å². The molecular formula is C56H81N11O15. The molecule has 0 fully saturated rings. The van der Waals surface area contributed by atoms with Crippen LogP contribution in [0.3, 0.4) is 0 Å². The first-order chi connectivity index (χ1) is 39.6. The summed E-state index contributed by atoms with van der Waals surface area (Å²) in [6.07, 6.45) is 5.93. The second-order valence-electron chi connectivity index (χ2n) is 18.4. The number of nitrogens with one attached hydrogen (secondary N) is 8. The Morgan fingerprint density at radius 3 is 1.96 bits per heavy atom. The topological polar surface area (TPSA) is 357 Å². The van der Waals surface area contributed by atoms with Crippen LogP contribution in [0.25, 0.3) is 6.08 Å². The minimum Gasteiger partial charge on any atom is -0.466 e. The molecule has 1 aromatic heterocycles. The van der Waals surface area contributed by atoms with Gasteiger partial charge in [0, 0.05) is 69.4 Å². The fourth-order valence-corrected chi connectivity index (χ4v) is 7.16. The summed E-state index contributed by atoms with van der Waals surface area (Å²) in [6, 6.07) is 11.5. The van der Waals surface area contributed by atoms with Crippen molar-refractivity contribution in [2.75, 3.05) is 101 Å². The van der Waals surface area contributed by atoms with Crippen molar-refractivity contribution in [3.8, 4) is 6.01 Å². The lowest BCUT2D eigenvalue weighted by molar-refractivity contribution is -0.149. The molecule has 26 nitrogen and oxygen atoms in total. The number of anilines is 4. The molecule has 450 valence electrons. The summed E-state index contributed by atoms with van der Waals surface area (Å²) in [7, 11) is 0. The van der Waals surface area contributed by atoms with Gasteiger partial charge in [-0.3, -0.25) is 38.4 Å². The number of aromatic nitrogens is 2. The van der Waals surface area contributed by atoms with Gasteiger partial charge in [0.2, 0.25) is 35.9 Å². The number of hydrogen-bond donors (Lipinski definition) is 9. The van der Waals surface area contributed by atoms with Crippen molar-refractivity contribution in [1.82, 2.24) is 36.6 Å². The Bertz CT molecular complexity index is 2510. The van der Waals surface area contributed by atoms with Crippen molar-refractivity contribution >= 4 is 82.9 Å². The zero-order chi connectivity index (χ0) is 59.9. The summed E-state index contributed by atoms with van der Waals surface area (Å²) in [5.74, 6) is -4.03. The van der Waals surface area contributed by atoms with Crippen molar-refractivity contribution in [2.24, 2.45) is 5.92 Å². The highest BCUT2D eigenvalue weighted by molar-refractivity contribution is 5.97. The predicted octanol–water partition coefficient (Wildman–Crippen LogP) is 3.17. The zero-order valence-corrected chi connectivity index (χ0v) is 47.5. The van der Waals surface area contributed by atoms with Gasteiger partial charge in [-0.05, 0) is 86.9 Å². The molecule has 0 saturated heterocycles.